The van der Waals surface area contributed by atoms with Gasteiger partial charge in [-0.15, -0.1) is 0 Å². The van der Waals surface area contributed by atoms with Gasteiger partial charge in [0.25, 0.3) is 0 Å². The lowest BCUT2D eigenvalue weighted by molar-refractivity contribution is -0.167. The summed E-state index contributed by atoms with van der Waals surface area (Å²) < 4.78 is 16.7. The van der Waals surface area contributed by atoms with Crippen LogP contribution in [0.4, 0.5) is 0 Å². The zero-order valence-electron chi connectivity index (χ0n) is 35.8. The number of carbonyl (C=O) groups is 3. The van der Waals surface area contributed by atoms with E-state index >= 15 is 0 Å². The van der Waals surface area contributed by atoms with Crippen molar-refractivity contribution < 1.29 is 28.6 Å². The average molecular weight is 751 g/mol. The Kier molecular flexibility index (Phi) is 41.8. The van der Waals surface area contributed by atoms with Crippen LogP contribution in [0.15, 0.2) is 0 Å². The fourth-order valence-electron chi connectivity index (χ4n) is 7.03. The number of ether oxygens (including phenoxy) is 3. The summed E-state index contributed by atoms with van der Waals surface area (Å²) in [4.78, 5) is 37.6. The smallest absolute Gasteiger partial charge is 0.306 e. The Morgan fingerprint density at radius 3 is 0.755 bits per heavy atom. The molecule has 0 aromatic rings. The summed E-state index contributed by atoms with van der Waals surface area (Å²) in [6.45, 7) is 6.61. The van der Waals surface area contributed by atoms with Gasteiger partial charge in [0, 0.05) is 19.3 Å². The molecule has 0 amide bonds. The monoisotopic (exact) mass is 751 g/mol. The molecule has 0 aromatic carbocycles. The third-order valence-corrected chi connectivity index (χ3v) is 10.6. The van der Waals surface area contributed by atoms with E-state index in [-0.39, 0.29) is 31.1 Å². The van der Waals surface area contributed by atoms with Gasteiger partial charge in [-0.05, 0) is 19.3 Å². The molecule has 0 rings (SSSR count). The molecular formula is C47H90O6. The molecule has 0 aliphatic heterocycles. The van der Waals surface area contributed by atoms with E-state index in [0.717, 1.165) is 57.8 Å². The Balaban J connectivity index is 4.19. The molecule has 0 N–H and O–H groups in total. The van der Waals surface area contributed by atoms with E-state index in [1.54, 1.807) is 0 Å². The largest absolute Gasteiger partial charge is 0.462 e. The van der Waals surface area contributed by atoms with Crippen LogP contribution in [0.3, 0.4) is 0 Å². The van der Waals surface area contributed by atoms with Crippen molar-refractivity contribution in [2.24, 2.45) is 0 Å². The molecule has 0 saturated heterocycles. The third kappa shape index (κ3) is 41.4. The van der Waals surface area contributed by atoms with E-state index in [1.807, 2.05) is 0 Å². The topological polar surface area (TPSA) is 78.9 Å². The molecule has 1 atom stereocenters. The van der Waals surface area contributed by atoms with E-state index in [0.29, 0.717) is 19.3 Å². The SMILES string of the molecule is CCCCCCCCCCCCCCCCCCCC(=O)OC[C@@H](COC(=O)CCCCCCCCC)OC(=O)CCCCCCCCCCCCC. The van der Waals surface area contributed by atoms with Crippen molar-refractivity contribution in [1.29, 1.82) is 0 Å². The minimum atomic E-state index is -0.757. The second-order valence-electron chi connectivity index (χ2n) is 16.0. The van der Waals surface area contributed by atoms with Gasteiger partial charge in [-0.3, -0.25) is 14.4 Å². The first-order valence-corrected chi connectivity index (χ1v) is 23.5. The number of unbranched alkanes of at least 4 members (excludes halogenated alkanes) is 32. The van der Waals surface area contributed by atoms with Gasteiger partial charge in [0.15, 0.2) is 6.10 Å². The van der Waals surface area contributed by atoms with Crippen molar-refractivity contribution >= 4 is 17.9 Å². The Bertz CT molecular complexity index is 783. The summed E-state index contributed by atoms with van der Waals surface area (Å²) in [5.74, 6) is -0.857. The van der Waals surface area contributed by atoms with Crippen molar-refractivity contribution in [1.82, 2.24) is 0 Å². The van der Waals surface area contributed by atoms with Crippen molar-refractivity contribution in [2.75, 3.05) is 13.2 Å². The standard InChI is InChI=1S/C47H90O6/c1-4-7-10-13-16-18-20-21-22-23-24-25-27-28-31-34-37-40-46(49)52-43-44(42-51-45(48)39-36-33-30-15-12-9-6-3)53-47(50)41-38-35-32-29-26-19-17-14-11-8-5-2/h44H,4-43H2,1-3H3/t44-/m1/s1. The summed E-state index contributed by atoms with van der Waals surface area (Å²) in [6, 6.07) is 0. The second-order valence-corrected chi connectivity index (χ2v) is 16.0. The Labute approximate surface area is 329 Å². The molecule has 0 aliphatic rings. The van der Waals surface area contributed by atoms with E-state index < -0.39 is 6.10 Å². The number of hydrogen-bond acceptors (Lipinski definition) is 6. The molecule has 0 unspecified atom stereocenters. The van der Waals surface area contributed by atoms with Crippen LogP contribution in [-0.2, 0) is 28.6 Å². The highest BCUT2D eigenvalue weighted by atomic mass is 16.6. The molecule has 0 spiro atoms. The van der Waals surface area contributed by atoms with Gasteiger partial charge >= 0.3 is 17.9 Å². The molecular weight excluding hydrogens is 661 g/mol. The highest BCUT2D eigenvalue weighted by Gasteiger charge is 2.19. The van der Waals surface area contributed by atoms with E-state index in [1.165, 1.54) is 167 Å². The number of esters is 3. The first kappa shape index (κ1) is 51.4. The highest BCUT2D eigenvalue weighted by Crippen LogP contribution is 2.16. The van der Waals surface area contributed by atoms with E-state index in [2.05, 4.69) is 20.8 Å². The molecule has 6 nitrogen and oxygen atoms in total. The molecule has 53 heavy (non-hydrogen) atoms. The number of carbonyl (C=O) groups excluding carboxylic acids is 3. The van der Waals surface area contributed by atoms with Crippen LogP contribution in [0.25, 0.3) is 0 Å². The minimum absolute atomic E-state index is 0.0630. The van der Waals surface area contributed by atoms with Crippen LogP contribution < -0.4 is 0 Å². The summed E-state index contributed by atoms with van der Waals surface area (Å²) in [5.41, 5.74) is 0. The second kappa shape index (κ2) is 43.1. The molecule has 314 valence electrons. The van der Waals surface area contributed by atoms with Crippen molar-refractivity contribution in [3.8, 4) is 0 Å². The molecule has 0 fully saturated rings. The van der Waals surface area contributed by atoms with Crippen LogP contribution in [0.1, 0.15) is 265 Å². The molecule has 0 bridgehead atoms. The van der Waals surface area contributed by atoms with Crippen LogP contribution in [-0.4, -0.2) is 37.2 Å². The van der Waals surface area contributed by atoms with Gasteiger partial charge in [0.1, 0.15) is 13.2 Å². The molecule has 0 aliphatic carbocycles. The minimum Gasteiger partial charge on any atom is -0.462 e. The molecule has 6 heteroatoms. The number of rotatable bonds is 43. The number of hydrogen-bond donors (Lipinski definition) is 0. The zero-order valence-corrected chi connectivity index (χ0v) is 35.8. The van der Waals surface area contributed by atoms with Crippen molar-refractivity contribution in [3.63, 3.8) is 0 Å². The Morgan fingerprint density at radius 2 is 0.509 bits per heavy atom. The van der Waals surface area contributed by atoms with Crippen LogP contribution >= 0.6 is 0 Å². The maximum Gasteiger partial charge on any atom is 0.306 e. The summed E-state index contributed by atoms with van der Waals surface area (Å²) in [6.07, 6.45) is 43.8. The lowest BCUT2D eigenvalue weighted by Gasteiger charge is -2.18. The third-order valence-electron chi connectivity index (χ3n) is 10.6. The van der Waals surface area contributed by atoms with E-state index in [4.69, 9.17) is 14.2 Å². The molecule has 0 saturated carbocycles. The maximum absolute atomic E-state index is 12.7. The van der Waals surface area contributed by atoms with E-state index in [9.17, 15) is 14.4 Å². The molecule has 0 aromatic heterocycles. The summed E-state index contributed by atoms with van der Waals surface area (Å²) in [7, 11) is 0. The van der Waals surface area contributed by atoms with Crippen molar-refractivity contribution in [3.05, 3.63) is 0 Å². The predicted octanol–water partition coefficient (Wildman–Crippen LogP) is 14.9. The highest BCUT2D eigenvalue weighted by molar-refractivity contribution is 5.71. The normalized spacial score (nSPS) is 11.8. The van der Waals surface area contributed by atoms with Crippen LogP contribution in [0, 0.1) is 0 Å². The van der Waals surface area contributed by atoms with Gasteiger partial charge in [0.05, 0.1) is 0 Å². The van der Waals surface area contributed by atoms with Gasteiger partial charge < -0.3 is 14.2 Å². The van der Waals surface area contributed by atoms with Gasteiger partial charge in [-0.1, -0.05) is 226 Å². The lowest BCUT2D eigenvalue weighted by Crippen LogP contribution is -2.30. The lowest BCUT2D eigenvalue weighted by atomic mass is 10.0. The van der Waals surface area contributed by atoms with Gasteiger partial charge in [-0.2, -0.15) is 0 Å². The predicted molar refractivity (Wildman–Crippen MR) is 224 cm³/mol. The van der Waals surface area contributed by atoms with Gasteiger partial charge in [0.2, 0.25) is 0 Å². The molecule has 0 heterocycles. The Hall–Kier alpha value is -1.59. The van der Waals surface area contributed by atoms with Crippen LogP contribution in [0.5, 0.6) is 0 Å². The fraction of sp³-hybridized carbons (Fsp3) is 0.936. The first-order chi connectivity index (χ1) is 26.0. The fourth-order valence-corrected chi connectivity index (χ4v) is 7.03. The zero-order chi connectivity index (χ0) is 38.7. The van der Waals surface area contributed by atoms with Crippen molar-refractivity contribution in [2.45, 2.75) is 271 Å². The maximum atomic E-state index is 12.7. The van der Waals surface area contributed by atoms with Gasteiger partial charge in [-0.25, -0.2) is 0 Å². The summed E-state index contributed by atoms with van der Waals surface area (Å²) >= 11 is 0. The summed E-state index contributed by atoms with van der Waals surface area (Å²) in [5, 5.41) is 0. The average Bonchev–Trinajstić information content (AvgIpc) is 3.15. The Morgan fingerprint density at radius 1 is 0.302 bits per heavy atom. The first-order valence-electron chi connectivity index (χ1n) is 23.5. The molecule has 0 radical (unpaired) electrons. The quantitative estimate of drug-likeness (QED) is 0.0351. The van der Waals surface area contributed by atoms with Crippen LogP contribution in [0.2, 0.25) is 0 Å².